The molecule has 0 atom stereocenters. The number of benzene rings is 3. The summed E-state index contributed by atoms with van der Waals surface area (Å²) in [5.41, 5.74) is 2.31. The summed E-state index contributed by atoms with van der Waals surface area (Å²) >= 11 is 0. The number of aliphatic hydroxyl groups is 1. The van der Waals surface area contributed by atoms with Gasteiger partial charge in [-0.05, 0) is 55.0 Å². The van der Waals surface area contributed by atoms with Crippen LogP contribution in [0.2, 0.25) is 0 Å². The number of ether oxygens (including phenoxy) is 2. The van der Waals surface area contributed by atoms with Gasteiger partial charge in [0.15, 0.2) is 0 Å². The Balaban J connectivity index is 1.59. The van der Waals surface area contributed by atoms with Crippen LogP contribution in [-0.2, 0) is 4.79 Å². The molecule has 0 unspecified atom stereocenters. The predicted molar refractivity (Wildman–Crippen MR) is 131 cm³/mol. The third-order valence-electron chi connectivity index (χ3n) is 4.76. The molecule has 0 heterocycles. The van der Waals surface area contributed by atoms with Gasteiger partial charge in [-0.1, -0.05) is 48.0 Å². The normalized spacial score (nSPS) is 10.9. The predicted octanol–water partition coefficient (Wildman–Crippen LogP) is 3.33. The van der Waals surface area contributed by atoms with Crippen LogP contribution in [0.3, 0.4) is 0 Å². The number of amides is 2. The van der Waals surface area contributed by atoms with Crippen molar-refractivity contribution < 1.29 is 24.2 Å². The summed E-state index contributed by atoms with van der Waals surface area (Å²) in [6, 6.07) is 23.6. The van der Waals surface area contributed by atoms with Crippen molar-refractivity contribution in [2.75, 3.05) is 26.4 Å². The lowest BCUT2D eigenvalue weighted by Gasteiger charge is -2.12. The Morgan fingerprint density at radius 3 is 2.09 bits per heavy atom. The van der Waals surface area contributed by atoms with Crippen LogP contribution in [0.15, 0.2) is 84.6 Å². The van der Waals surface area contributed by atoms with Gasteiger partial charge in [-0.2, -0.15) is 0 Å². The first-order valence-electron chi connectivity index (χ1n) is 10.9. The molecular weight excluding hydrogens is 432 g/mol. The molecule has 7 heteroatoms. The summed E-state index contributed by atoms with van der Waals surface area (Å²) in [4.78, 5) is 25.3. The maximum absolute atomic E-state index is 12.8. The van der Waals surface area contributed by atoms with E-state index in [-0.39, 0.29) is 18.8 Å². The highest BCUT2D eigenvalue weighted by Crippen LogP contribution is 2.14. The van der Waals surface area contributed by atoms with Crippen molar-refractivity contribution in [1.82, 2.24) is 10.6 Å². The van der Waals surface area contributed by atoms with Gasteiger partial charge in [-0.3, -0.25) is 9.59 Å². The van der Waals surface area contributed by atoms with Crippen molar-refractivity contribution in [2.24, 2.45) is 0 Å². The standard InChI is InChI=1S/C27H28N2O5/c1-20-7-9-21(10-8-20)19-25(27(32)28-15-16-30)29-26(31)22-11-13-24(14-12-22)34-18-17-33-23-5-3-2-4-6-23/h2-14,19,30H,15-18H2,1H3,(H,28,32)(H,29,31)/b25-19-. The molecule has 2 amide bonds. The topological polar surface area (TPSA) is 96.9 Å². The zero-order valence-corrected chi connectivity index (χ0v) is 19.0. The summed E-state index contributed by atoms with van der Waals surface area (Å²) < 4.78 is 11.2. The summed E-state index contributed by atoms with van der Waals surface area (Å²) in [5, 5.41) is 14.2. The Morgan fingerprint density at radius 2 is 1.47 bits per heavy atom. The van der Waals surface area contributed by atoms with Gasteiger partial charge in [0, 0.05) is 12.1 Å². The monoisotopic (exact) mass is 460 g/mol. The van der Waals surface area contributed by atoms with Crippen LogP contribution in [0.25, 0.3) is 6.08 Å². The van der Waals surface area contributed by atoms with Gasteiger partial charge in [0.05, 0.1) is 6.61 Å². The number of hydrogen-bond acceptors (Lipinski definition) is 5. The van der Waals surface area contributed by atoms with Gasteiger partial charge in [0.1, 0.15) is 30.4 Å². The van der Waals surface area contributed by atoms with E-state index < -0.39 is 11.8 Å². The van der Waals surface area contributed by atoms with E-state index in [1.807, 2.05) is 61.5 Å². The molecule has 3 aromatic carbocycles. The highest BCUT2D eigenvalue weighted by Gasteiger charge is 2.14. The minimum absolute atomic E-state index is 0.0833. The number of nitrogens with one attached hydrogen (secondary N) is 2. The van der Waals surface area contributed by atoms with Gasteiger partial charge in [-0.15, -0.1) is 0 Å². The quantitative estimate of drug-likeness (QED) is 0.301. The Morgan fingerprint density at radius 1 is 0.853 bits per heavy atom. The second-order valence-electron chi connectivity index (χ2n) is 7.44. The van der Waals surface area contributed by atoms with Crippen molar-refractivity contribution in [3.8, 4) is 11.5 Å². The number of carbonyl (C=O) groups excluding carboxylic acids is 2. The highest BCUT2D eigenvalue weighted by molar-refractivity contribution is 6.05. The van der Waals surface area contributed by atoms with Crippen LogP contribution in [0.4, 0.5) is 0 Å². The largest absolute Gasteiger partial charge is 0.490 e. The maximum atomic E-state index is 12.8. The molecule has 0 bridgehead atoms. The average molecular weight is 461 g/mol. The molecule has 0 saturated carbocycles. The zero-order chi connectivity index (χ0) is 24.2. The number of carbonyl (C=O) groups is 2. The Labute approximate surface area is 199 Å². The second-order valence-corrected chi connectivity index (χ2v) is 7.44. The van der Waals surface area contributed by atoms with E-state index in [1.54, 1.807) is 30.3 Å². The average Bonchev–Trinajstić information content (AvgIpc) is 2.87. The SMILES string of the molecule is Cc1ccc(/C=C(\NC(=O)c2ccc(OCCOc3ccccc3)cc2)C(=O)NCCO)cc1. The molecule has 0 aliphatic carbocycles. The molecule has 0 saturated heterocycles. The van der Waals surface area contributed by atoms with E-state index in [4.69, 9.17) is 14.6 Å². The minimum Gasteiger partial charge on any atom is -0.490 e. The van der Waals surface area contributed by atoms with Crippen LogP contribution in [0.5, 0.6) is 11.5 Å². The van der Waals surface area contributed by atoms with Gasteiger partial charge >= 0.3 is 0 Å². The van der Waals surface area contributed by atoms with Crippen molar-refractivity contribution in [1.29, 1.82) is 0 Å². The van der Waals surface area contributed by atoms with Crippen LogP contribution >= 0.6 is 0 Å². The number of aliphatic hydroxyl groups excluding tert-OH is 1. The summed E-state index contributed by atoms with van der Waals surface area (Å²) in [5.74, 6) is 0.456. The van der Waals surface area contributed by atoms with Crippen LogP contribution < -0.4 is 20.1 Å². The lowest BCUT2D eigenvalue weighted by molar-refractivity contribution is -0.117. The molecule has 34 heavy (non-hydrogen) atoms. The summed E-state index contributed by atoms with van der Waals surface area (Å²) in [6.45, 7) is 2.60. The van der Waals surface area contributed by atoms with Crippen LogP contribution in [0, 0.1) is 6.92 Å². The van der Waals surface area contributed by atoms with E-state index in [1.165, 1.54) is 0 Å². The number of hydrogen-bond donors (Lipinski definition) is 3. The van der Waals surface area contributed by atoms with E-state index in [2.05, 4.69) is 10.6 Å². The molecule has 3 aromatic rings. The summed E-state index contributed by atoms with van der Waals surface area (Å²) in [7, 11) is 0. The first kappa shape index (κ1) is 24.5. The molecule has 0 aromatic heterocycles. The van der Waals surface area contributed by atoms with Crippen LogP contribution in [-0.4, -0.2) is 43.3 Å². The van der Waals surface area contributed by atoms with Gasteiger partial charge in [-0.25, -0.2) is 0 Å². The summed E-state index contributed by atoms with van der Waals surface area (Å²) in [6.07, 6.45) is 1.59. The highest BCUT2D eigenvalue weighted by atomic mass is 16.5. The van der Waals surface area contributed by atoms with Gasteiger partial charge < -0.3 is 25.2 Å². The third kappa shape index (κ3) is 7.79. The Hall–Kier alpha value is -4.10. The smallest absolute Gasteiger partial charge is 0.267 e. The Bertz CT molecular complexity index is 1090. The molecule has 0 fully saturated rings. The van der Waals surface area contributed by atoms with Crippen LogP contribution in [0.1, 0.15) is 21.5 Å². The van der Waals surface area contributed by atoms with Crippen molar-refractivity contribution >= 4 is 17.9 Å². The second kappa shape index (κ2) is 12.8. The minimum atomic E-state index is -0.485. The first-order chi connectivity index (χ1) is 16.5. The molecule has 0 radical (unpaired) electrons. The molecule has 0 aliphatic rings. The fraction of sp³-hybridized carbons (Fsp3) is 0.185. The molecule has 3 N–H and O–H groups in total. The van der Waals surface area contributed by atoms with E-state index in [0.717, 1.165) is 16.9 Å². The Kier molecular flexibility index (Phi) is 9.25. The lowest BCUT2D eigenvalue weighted by Crippen LogP contribution is -2.36. The molecule has 3 rings (SSSR count). The third-order valence-corrected chi connectivity index (χ3v) is 4.76. The van der Waals surface area contributed by atoms with Crippen molar-refractivity contribution in [2.45, 2.75) is 6.92 Å². The molecule has 7 nitrogen and oxygen atoms in total. The molecule has 0 aliphatic heterocycles. The van der Waals surface area contributed by atoms with Crippen molar-refractivity contribution in [3.63, 3.8) is 0 Å². The van der Waals surface area contributed by atoms with Gasteiger partial charge in [0.25, 0.3) is 11.8 Å². The van der Waals surface area contributed by atoms with E-state index >= 15 is 0 Å². The van der Waals surface area contributed by atoms with Crippen molar-refractivity contribution in [3.05, 3.63) is 101 Å². The molecular formula is C27H28N2O5. The maximum Gasteiger partial charge on any atom is 0.267 e. The number of para-hydroxylation sites is 1. The van der Waals surface area contributed by atoms with E-state index in [9.17, 15) is 9.59 Å². The number of aryl methyl sites for hydroxylation is 1. The molecule has 0 spiro atoms. The fourth-order valence-electron chi connectivity index (χ4n) is 2.99. The lowest BCUT2D eigenvalue weighted by atomic mass is 10.1. The van der Waals surface area contributed by atoms with E-state index in [0.29, 0.717) is 24.5 Å². The zero-order valence-electron chi connectivity index (χ0n) is 19.0. The first-order valence-corrected chi connectivity index (χ1v) is 10.9. The fourth-order valence-corrected chi connectivity index (χ4v) is 2.99. The van der Waals surface area contributed by atoms with Gasteiger partial charge in [0.2, 0.25) is 0 Å². The molecule has 176 valence electrons. The number of rotatable bonds is 11.